The van der Waals surface area contributed by atoms with E-state index >= 15 is 0 Å². The third kappa shape index (κ3) is 3.11. The normalized spacial score (nSPS) is 10.8. The van der Waals surface area contributed by atoms with Crippen LogP contribution >= 0.6 is 11.3 Å². The fraction of sp³-hybridized carbons (Fsp3) is 0.200. The number of hydrogen-bond acceptors (Lipinski definition) is 6. The minimum atomic E-state index is -3.70. The van der Waals surface area contributed by atoms with Crippen molar-refractivity contribution < 1.29 is 13.5 Å². The van der Waals surface area contributed by atoms with Gasteiger partial charge in [0.25, 0.3) is 10.0 Å². The number of H-pyrrole nitrogens is 1. The van der Waals surface area contributed by atoms with Crippen molar-refractivity contribution in [1.29, 1.82) is 0 Å². The predicted molar refractivity (Wildman–Crippen MR) is 70.2 cm³/mol. The van der Waals surface area contributed by atoms with Gasteiger partial charge < -0.3 is 5.11 Å². The maximum atomic E-state index is 12.0. The van der Waals surface area contributed by atoms with Crippen LogP contribution in [-0.4, -0.2) is 35.3 Å². The summed E-state index contributed by atoms with van der Waals surface area (Å²) >= 11 is 1.09. The van der Waals surface area contributed by atoms with Gasteiger partial charge in [-0.25, -0.2) is 13.4 Å². The van der Waals surface area contributed by atoms with Gasteiger partial charge in [0, 0.05) is 0 Å². The van der Waals surface area contributed by atoms with Crippen LogP contribution in [0.3, 0.4) is 0 Å². The lowest BCUT2D eigenvalue weighted by molar-refractivity contribution is 0.350. The smallest absolute Gasteiger partial charge is 0.267 e. The molecule has 19 heavy (non-hydrogen) atoms. The van der Waals surface area contributed by atoms with Crippen LogP contribution in [-0.2, 0) is 10.0 Å². The third-order valence-corrected chi connectivity index (χ3v) is 4.50. The largest absolute Gasteiger partial charge is 0.384 e. The molecule has 2 rings (SSSR count). The number of aromatic amines is 1. The summed E-state index contributed by atoms with van der Waals surface area (Å²) in [6, 6.07) is 0. The first-order chi connectivity index (χ1) is 9.03. The molecule has 0 radical (unpaired) electrons. The van der Waals surface area contributed by atoms with Crippen molar-refractivity contribution >= 4 is 26.5 Å². The number of sulfonamides is 1. The second-order valence-corrected chi connectivity index (χ2v) is 6.14. The average Bonchev–Trinajstić information content (AvgIpc) is 2.95. The third-order valence-electron chi connectivity index (χ3n) is 2.09. The molecule has 0 aliphatic carbocycles. The van der Waals surface area contributed by atoms with Crippen molar-refractivity contribution in [1.82, 2.24) is 15.2 Å². The van der Waals surface area contributed by atoms with Crippen LogP contribution in [0.2, 0.25) is 0 Å². The van der Waals surface area contributed by atoms with Crippen molar-refractivity contribution in [3.8, 4) is 11.8 Å². The van der Waals surface area contributed by atoms with Crippen molar-refractivity contribution in [2.45, 2.75) is 11.8 Å². The first-order valence-electron chi connectivity index (χ1n) is 5.11. The molecule has 0 amide bonds. The van der Waals surface area contributed by atoms with Gasteiger partial charge in [0.1, 0.15) is 11.5 Å². The van der Waals surface area contributed by atoms with Crippen LogP contribution in [0.5, 0.6) is 0 Å². The minimum Gasteiger partial charge on any atom is -0.384 e. The number of aliphatic hydroxyl groups is 1. The number of aryl methyl sites for hydroxylation is 1. The standard InChI is InChI=1S/C10H10N4O3S2/c1-7-9(6-12-13-7)19(16,17)14-10-11-5-8(18-10)3-2-4-15/h5-6,15H,4H2,1H3,(H,11,14)(H,12,13). The van der Waals surface area contributed by atoms with E-state index in [1.807, 2.05) is 0 Å². The number of nitrogens with one attached hydrogen (secondary N) is 2. The molecule has 0 spiro atoms. The zero-order valence-corrected chi connectivity index (χ0v) is 11.5. The molecule has 2 heterocycles. The van der Waals surface area contributed by atoms with Crippen LogP contribution in [0.15, 0.2) is 17.3 Å². The lowest BCUT2D eigenvalue weighted by Crippen LogP contribution is -2.13. The number of anilines is 1. The molecule has 0 saturated heterocycles. The highest BCUT2D eigenvalue weighted by molar-refractivity contribution is 7.93. The van der Waals surface area contributed by atoms with Gasteiger partial charge in [0.15, 0.2) is 5.13 Å². The number of rotatable bonds is 3. The minimum absolute atomic E-state index is 0.0747. The summed E-state index contributed by atoms with van der Waals surface area (Å²) in [7, 11) is -3.70. The molecule has 0 unspecified atom stereocenters. The van der Waals surface area contributed by atoms with E-state index in [1.54, 1.807) is 6.92 Å². The lowest BCUT2D eigenvalue weighted by atomic mass is 10.5. The van der Waals surface area contributed by atoms with E-state index in [-0.39, 0.29) is 16.6 Å². The average molecular weight is 298 g/mol. The summed E-state index contributed by atoms with van der Waals surface area (Å²) in [5.41, 5.74) is 0.448. The van der Waals surface area contributed by atoms with Gasteiger partial charge in [-0.05, 0) is 6.92 Å². The van der Waals surface area contributed by atoms with E-state index in [1.165, 1.54) is 12.4 Å². The molecule has 3 N–H and O–H groups in total. The van der Waals surface area contributed by atoms with Gasteiger partial charge in [0.05, 0.1) is 23.0 Å². The molecule has 2 aromatic rings. The van der Waals surface area contributed by atoms with E-state index in [0.717, 1.165) is 11.3 Å². The fourth-order valence-corrected chi connectivity index (χ4v) is 3.36. The molecule has 0 atom stereocenters. The molecule has 7 nitrogen and oxygen atoms in total. The lowest BCUT2D eigenvalue weighted by Gasteiger charge is -2.02. The Morgan fingerprint density at radius 2 is 2.32 bits per heavy atom. The maximum absolute atomic E-state index is 12.0. The van der Waals surface area contributed by atoms with Crippen molar-refractivity contribution in [3.63, 3.8) is 0 Å². The zero-order valence-electron chi connectivity index (χ0n) is 9.84. The van der Waals surface area contributed by atoms with E-state index in [4.69, 9.17) is 5.11 Å². The first kappa shape index (κ1) is 13.5. The Balaban J connectivity index is 2.22. The van der Waals surface area contributed by atoms with E-state index in [9.17, 15) is 8.42 Å². The summed E-state index contributed by atoms with van der Waals surface area (Å²) in [6.45, 7) is 1.36. The van der Waals surface area contributed by atoms with Gasteiger partial charge in [-0.15, -0.1) is 0 Å². The van der Waals surface area contributed by atoms with Gasteiger partial charge in [-0.1, -0.05) is 23.2 Å². The van der Waals surface area contributed by atoms with Crippen molar-refractivity contribution in [2.24, 2.45) is 0 Å². The predicted octanol–water partition coefficient (Wildman–Crippen LogP) is 0.319. The SMILES string of the molecule is Cc1[nH]ncc1S(=O)(=O)Nc1ncc(C#CCO)s1. The highest BCUT2D eigenvalue weighted by atomic mass is 32.2. The van der Waals surface area contributed by atoms with Crippen molar-refractivity contribution in [2.75, 3.05) is 11.3 Å². The van der Waals surface area contributed by atoms with Gasteiger partial charge >= 0.3 is 0 Å². The van der Waals surface area contributed by atoms with Crippen LogP contribution in [0, 0.1) is 18.8 Å². The van der Waals surface area contributed by atoms with Crippen LogP contribution in [0.4, 0.5) is 5.13 Å². The van der Waals surface area contributed by atoms with E-state index in [0.29, 0.717) is 10.6 Å². The van der Waals surface area contributed by atoms with E-state index < -0.39 is 10.0 Å². The molecule has 0 aliphatic heterocycles. The van der Waals surface area contributed by atoms with E-state index in [2.05, 4.69) is 31.7 Å². The Kier molecular flexibility index (Phi) is 3.84. The highest BCUT2D eigenvalue weighted by Gasteiger charge is 2.19. The second kappa shape index (κ2) is 5.40. The Bertz CT molecular complexity index is 736. The summed E-state index contributed by atoms with van der Waals surface area (Å²) in [5, 5.41) is 15.0. The van der Waals surface area contributed by atoms with Gasteiger partial charge in [0.2, 0.25) is 0 Å². The number of hydrogen-bond donors (Lipinski definition) is 3. The Labute approximate surface area is 113 Å². The molecule has 0 aromatic carbocycles. The quantitative estimate of drug-likeness (QED) is 0.707. The number of nitrogens with zero attached hydrogens (tertiary/aromatic N) is 2. The number of thiazole rings is 1. The second-order valence-electron chi connectivity index (χ2n) is 3.45. The Morgan fingerprint density at radius 1 is 1.53 bits per heavy atom. The molecular formula is C10H10N4O3S2. The topological polar surface area (TPSA) is 108 Å². The first-order valence-corrected chi connectivity index (χ1v) is 7.41. The maximum Gasteiger partial charge on any atom is 0.267 e. The molecule has 0 aliphatic rings. The zero-order chi connectivity index (χ0) is 13.9. The van der Waals surface area contributed by atoms with Crippen molar-refractivity contribution in [3.05, 3.63) is 23.0 Å². The Morgan fingerprint density at radius 3 is 2.95 bits per heavy atom. The van der Waals surface area contributed by atoms with Crippen LogP contribution in [0.1, 0.15) is 10.6 Å². The number of aliphatic hydroxyl groups excluding tert-OH is 1. The summed E-state index contributed by atoms with van der Waals surface area (Å²) in [6.07, 6.45) is 2.67. The van der Waals surface area contributed by atoms with Gasteiger partial charge in [-0.2, -0.15) is 5.10 Å². The summed E-state index contributed by atoms with van der Waals surface area (Å²) < 4.78 is 26.4. The molecule has 0 saturated carbocycles. The molecule has 0 bridgehead atoms. The van der Waals surface area contributed by atoms with Gasteiger partial charge in [-0.3, -0.25) is 9.82 Å². The monoisotopic (exact) mass is 298 g/mol. The molecule has 9 heteroatoms. The highest BCUT2D eigenvalue weighted by Crippen LogP contribution is 2.21. The Hall–Kier alpha value is -1.89. The summed E-state index contributed by atoms with van der Waals surface area (Å²) in [4.78, 5) is 4.55. The fourth-order valence-electron chi connectivity index (χ4n) is 1.29. The molecule has 0 fully saturated rings. The molecular weight excluding hydrogens is 288 g/mol. The van der Waals surface area contributed by atoms with Crippen LogP contribution in [0.25, 0.3) is 0 Å². The number of aromatic nitrogens is 3. The molecule has 2 aromatic heterocycles. The summed E-state index contributed by atoms with van der Waals surface area (Å²) in [5.74, 6) is 5.11. The van der Waals surface area contributed by atoms with Crippen LogP contribution < -0.4 is 4.72 Å². The molecule has 100 valence electrons.